The van der Waals surface area contributed by atoms with E-state index in [-0.39, 0.29) is 37.9 Å². The number of phenols is 1. The SMILES string of the molecule is CSCCC(NC(=O)C(CCC(=O)O)NC(=O)C(N)Cc1ccc(O)cc1)C(=O)NC(CCC(N)=O)C(=O)O. The average Bonchev–Trinajstić information content (AvgIpc) is 2.87. The van der Waals surface area contributed by atoms with E-state index in [4.69, 9.17) is 16.6 Å². The first-order valence-corrected chi connectivity index (χ1v) is 13.4. The molecule has 0 heterocycles. The maximum atomic E-state index is 13.1. The Bertz CT molecular complexity index is 1020. The van der Waals surface area contributed by atoms with Gasteiger partial charge in [0.25, 0.3) is 0 Å². The summed E-state index contributed by atoms with van der Waals surface area (Å²) in [4.78, 5) is 72.3. The summed E-state index contributed by atoms with van der Waals surface area (Å²) in [5, 5.41) is 35.0. The number of thioether (sulfide) groups is 1. The van der Waals surface area contributed by atoms with E-state index in [0.717, 1.165) is 0 Å². The number of nitrogens with one attached hydrogen (secondary N) is 3. The van der Waals surface area contributed by atoms with Gasteiger partial charge in [-0.1, -0.05) is 12.1 Å². The fourth-order valence-corrected chi connectivity index (χ4v) is 3.86. The predicted octanol–water partition coefficient (Wildman–Crippen LogP) is -1.32. The first-order chi connectivity index (χ1) is 18.3. The van der Waals surface area contributed by atoms with Crippen molar-refractivity contribution in [3.8, 4) is 5.75 Å². The Labute approximate surface area is 229 Å². The van der Waals surface area contributed by atoms with Gasteiger partial charge in [-0.25, -0.2) is 4.79 Å². The molecule has 15 heteroatoms. The number of primary amides is 1. The minimum atomic E-state index is -1.43. The highest BCUT2D eigenvalue weighted by molar-refractivity contribution is 7.98. The van der Waals surface area contributed by atoms with Crippen molar-refractivity contribution in [3.63, 3.8) is 0 Å². The lowest BCUT2D eigenvalue weighted by atomic mass is 10.0. The van der Waals surface area contributed by atoms with Gasteiger partial charge in [0.15, 0.2) is 0 Å². The van der Waals surface area contributed by atoms with E-state index >= 15 is 0 Å². The molecule has 39 heavy (non-hydrogen) atoms. The molecule has 0 saturated carbocycles. The second kappa shape index (κ2) is 16.9. The molecule has 0 fully saturated rings. The van der Waals surface area contributed by atoms with E-state index < -0.39 is 66.2 Å². The van der Waals surface area contributed by atoms with E-state index in [1.165, 1.54) is 23.9 Å². The highest BCUT2D eigenvalue weighted by Gasteiger charge is 2.30. The van der Waals surface area contributed by atoms with Gasteiger partial charge in [0.2, 0.25) is 23.6 Å². The fraction of sp³-hybridized carbons (Fsp3) is 0.500. The summed E-state index contributed by atoms with van der Waals surface area (Å²) >= 11 is 1.36. The molecule has 0 bridgehead atoms. The van der Waals surface area contributed by atoms with E-state index in [9.17, 15) is 39.0 Å². The van der Waals surface area contributed by atoms with Crippen LogP contribution in [0.2, 0.25) is 0 Å². The lowest BCUT2D eigenvalue weighted by Crippen LogP contribution is -2.57. The number of carbonyl (C=O) groups excluding carboxylic acids is 4. The topological polar surface area (TPSA) is 251 Å². The number of carbonyl (C=O) groups is 6. The van der Waals surface area contributed by atoms with E-state index in [1.807, 2.05) is 0 Å². The number of benzene rings is 1. The molecular weight excluding hydrogens is 534 g/mol. The van der Waals surface area contributed by atoms with Crippen molar-refractivity contribution in [2.24, 2.45) is 11.5 Å². The van der Waals surface area contributed by atoms with Crippen molar-refractivity contribution in [1.29, 1.82) is 0 Å². The molecule has 4 atom stereocenters. The first kappa shape index (κ1) is 33.2. The Morgan fingerprint density at radius 3 is 1.85 bits per heavy atom. The third-order valence-electron chi connectivity index (χ3n) is 5.55. The summed E-state index contributed by atoms with van der Waals surface area (Å²) in [5.41, 5.74) is 11.7. The average molecular weight is 570 g/mol. The molecule has 14 nitrogen and oxygen atoms in total. The van der Waals surface area contributed by atoms with Gasteiger partial charge in [0.05, 0.1) is 6.04 Å². The smallest absolute Gasteiger partial charge is 0.326 e. The zero-order valence-electron chi connectivity index (χ0n) is 21.4. The number of rotatable bonds is 18. The molecule has 0 radical (unpaired) electrons. The van der Waals surface area contributed by atoms with Crippen LogP contribution in [0.15, 0.2) is 24.3 Å². The minimum Gasteiger partial charge on any atom is -0.508 e. The maximum Gasteiger partial charge on any atom is 0.326 e. The molecule has 0 aliphatic rings. The summed E-state index contributed by atoms with van der Waals surface area (Å²) in [6.45, 7) is 0. The fourth-order valence-electron chi connectivity index (χ4n) is 3.39. The van der Waals surface area contributed by atoms with Crippen molar-refractivity contribution < 1.29 is 44.1 Å². The molecule has 0 aromatic heterocycles. The van der Waals surface area contributed by atoms with Crippen molar-refractivity contribution in [1.82, 2.24) is 16.0 Å². The summed E-state index contributed by atoms with van der Waals surface area (Å²) in [6.07, 6.45) is 0.617. The molecule has 216 valence electrons. The maximum absolute atomic E-state index is 13.1. The van der Waals surface area contributed by atoms with Crippen LogP contribution in [0.3, 0.4) is 0 Å². The third kappa shape index (κ3) is 13.0. The van der Waals surface area contributed by atoms with Crippen LogP contribution in [0.5, 0.6) is 5.75 Å². The Hall–Kier alpha value is -3.85. The number of aromatic hydroxyl groups is 1. The van der Waals surface area contributed by atoms with E-state index in [0.29, 0.717) is 11.3 Å². The van der Waals surface area contributed by atoms with Gasteiger partial charge in [0, 0.05) is 12.8 Å². The number of hydrogen-bond donors (Lipinski definition) is 8. The Balaban J connectivity index is 2.98. The molecular formula is C24H35N5O9S. The number of phenolic OH excluding ortho intramolecular Hbond substituents is 1. The molecule has 1 rings (SSSR count). The van der Waals surface area contributed by atoms with Gasteiger partial charge in [-0.15, -0.1) is 0 Å². The van der Waals surface area contributed by atoms with Crippen LogP contribution in [-0.4, -0.2) is 87.1 Å². The summed E-state index contributed by atoms with van der Waals surface area (Å²) in [6, 6.07) is 0.882. The molecule has 4 amide bonds. The summed E-state index contributed by atoms with van der Waals surface area (Å²) in [7, 11) is 0. The number of hydrogen-bond acceptors (Lipinski definition) is 9. The number of carboxylic acids is 2. The Morgan fingerprint density at radius 1 is 0.821 bits per heavy atom. The Morgan fingerprint density at radius 2 is 1.33 bits per heavy atom. The van der Waals surface area contributed by atoms with Crippen molar-refractivity contribution in [2.45, 2.75) is 62.7 Å². The van der Waals surface area contributed by atoms with Gasteiger partial charge < -0.3 is 42.7 Å². The molecule has 0 aliphatic heterocycles. The molecule has 0 aliphatic carbocycles. The molecule has 1 aromatic carbocycles. The number of amides is 4. The van der Waals surface area contributed by atoms with Crippen LogP contribution in [-0.2, 0) is 35.2 Å². The molecule has 10 N–H and O–H groups in total. The summed E-state index contributed by atoms with van der Waals surface area (Å²) in [5.74, 6) is -5.35. The summed E-state index contributed by atoms with van der Waals surface area (Å²) < 4.78 is 0. The van der Waals surface area contributed by atoms with Gasteiger partial charge >= 0.3 is 11.9 Å². The first-order valence-electron chi connectivity index (χ1n) is 12.0. The molecule has 0 spiro atoms. The highest BCUT2D eigenvalue weighted by Crippen LogP contribution is 2.11. The predicted molar refractivity (Wildman–Crippen MR) is 142 cm³/mol. The molecule has 4 unspecified atom stereocenters. The van der Waals surface area contributed by atoms with Crippen LogP contribution >= 0.6 is 11.8 Å². The lowest BCUT2D eigenvalue weighted by Gasteiger charge is -2.25. The van der Waals surface area contributed by atoms with Crippen LogP contribution in [0.25, 0.3) is 0 Å². The third-order valence-corrected chi connectivity index (χ3v) is 6.19. The lowest BCUT2D eigenvalue weighted by molar-refractivity contribution is -0.142. The van der Waals surface area contributed by atoms with Gasteiger partial charge in [0.1, 0.15) is 23.9 Å². The highest BCUT2D eigenvalue weighted by atomic mass is 32.2. The zero-order chi connectivity index (χ0) is 29.5. The van der Waals surface area contributed by atoms with E-state index in [1.54, 1.807) is 18.4 Å². The molecule has 1 aromatic rings. The van der Waals surface area contributed by atoms with Crippen LogP contribution in [0.4, 0.5) is 0 Å². The van der Waals surface area contributed by atoms with Crippen molar-refractivity contribution in [2.75, 3.05) is 12.0 Å². The normalized spacial score (nSPS) is 13.8. The van der Waals surface area contributed by atoms with Crippen LogP contribution < -0.4 is 27.4 Å². The zero-order valence-corrected chi connectivity index (χ0v) is 22.2. The number of aliphatic carboxylic acids is 2. The van der Waals surface area contributed by atoms with Crippen LogP contribution in [0.1, 0.15) is 37.7 Å². The second-order valence-corrected chi connectivity index (χ2v) is 9.70. The van der Waals surface area contributed by atoms with Gasteiger partial charge in [-0.05, 0) is 55.4 Å². The largest absolute Gasteiger partial charge is 0.508 e. The number of carboxylic acid groups (broad SMARTS) is 2. The van der Waals surface area contributed by atoms with Crippen molar-refractivity contribution in [3.05, 3.63) is 29.8 Å². The Kier molecular flexibility index (Phi) is 14.4. The minimum absolute atomic E-state index is 0.0322. The van der Waals surface area contributed by atoms with Crippen LogP contribution in [0, 0.1) is 0 Å². The van der Waals surface area contributed by atoms with Gasteiger partial charge in [-0.3, -0.25) is 24.0 Å². The van der Waals surface area contributed by atoms with Crippen molar-refractivity contribution >= 4 is 47.3 Å². The van der Waals surface area contributed by atoms with Gasteiger partial charge in [-0.2, -0.15) is 11.8 Å². The van der Waals surface area contributed by atoms with E-state index in [2.05, 4.69) is 16.0 Å². The quantitative estimate of drug-likeness (QED) is 0.103. The molecule has 0 saturated heterocycles. The standard InChI is InChI=1S/C24H35N5O9S/c1-39-11-10-17(23(36)29-18(24(37)38)6-8-19(26)31)28-22(35)16(7-9-20(32)33)27-21(34)15(25)12-13-2-4-14(30)5-3-13/h2-5,15-18,30H,6-12,25H2,1H3,(H2,26,31)(H,27,34)(H,28,35)(H,29,36)(H,32,33)(H,37,38). The number of nitrogens with two attached hydrogens (primary N) is 2. The second-order valence-electron chi connectivity index (χ2n) is 8.72. The monoisotopic (exact) mass is 569 g/mol.